The predicted molar refractivity (Wildman–Crippen MR) is 142 cm³/mol. The molecule has 3 aromatic carbocycles. The number of rotatable bonds is 13. The van der Waals surface area contributed by atoms with E-state index in [9.17, 15) is 13.2 Å². The van der Waals surface area contributed by atoms with Crippen molar-refractivity contribution in [2.75, 3.05) is 44.0 Å². The highest BCUT2D eigenvalue weighted by Crippen LogP contribution is 2.33. The first-order valence-electron chi connectivity index (χ1n) is 11.3. The number of nitrogens with zero attached hydrogens (tertiary/aromatic N) is 1. The summed E-state index contributed by atoms with van der Waals surface area (Å²) in [5, 5.41) is 2.73. The summed E-state index contributed by atoms with van der Waals surface area (Å²) in [5.74, 6) is 1.17. The van der Waals surface area contributed by atoms with Crippen LogP contribution in [0.4, 0.5) is 5.69 Å². The van der Waals surface area contributed by atoms with Crippen molar-refractivity contribution < 1.29 is 27.4 Å². The van der Waals surface area contributed by atoms with E-state index in [0.29, 0.717) is 23.9 Å². The van der Waals surface area contributed by atoms with Crippen LogP contribution in [0.1, 0.15) is 6.92 Å². The third-order valence-electron chi connectivity index (χ3n) is 5.10. The van der Waals surface area contributed by atoms with E-state index < -0.39 is 22.5 Å². The van der Waals surface area contributed by atoms with E-state index in [2.05, 4.69) is 5.32 Å². The number of sulfonamides is 1. The van der Waals surface area contributed by atoms with Gasteiger partial charge in [-0.15, -0.1) is 11.8 Å². The van der Waals surface area contributed by atoms with Crippen LogP contribution in [0, 0.1) is 0 Å². The lowest BCUT2D eigenvalue weighted by Gasteiger charge is -2.26. The molecule has 0 saturated heterocycles. The monoisotopic (exact) mass is 530 g/mol. The summed E-state index contributed by atoms with van der Waals surface area (Å²) in [7, 11) is -2.49. The minimum atomic E-state index is -4.06. The van der Waals surface area contributed by atoms with Crippen LogP contribution in [0.15, 0.2) is 82.6 Å². The highest BCUT2D eigenvalue weighted by Gasteiger charge is 2.29. The number of benzene rings is 3. The summed E-state index contributed by atoms with van der Waals surface area (Å²) >= 11 is 1.51. The van der Waals surface area contributed by atoms with Crippen molar-refractivity contribution in [2.45, 2.75) is 16.7 Å². The lowest BCUT2D eigenvalue weighted by molar-refractivity contribution is -0.119. The zero-order valence-electron chi connectivity index (χ0n) is 20.5. The first kappa shape index (κ1) is 27.2. The summed E-state index contributed by atoms with van der Waals surface area (Å²) in [6.45, 7) is 2.14. The van der Waals surface area contributed by atoms with Gasteiger partial charge in [-0.2, -0.15) is 0 Å². The molecule has 0 saturated carbocycles. The fourth-order valence-corrected chi connectivity index (χ4v) is 5.19. The van der Waals surface area contributed by atoms with Gasteiger partial charge in [0.15, 0.2) is 0 Å². The largest absolute Gasteiger partial charge is 0.497 e. The second-order valence-corrected chi connectivity index (χ2v) is 10.2. The van der Waals surface area contributed by atoms with Crippen molar-refractivity contribution in [2.24, 2.45) is 0 Å². The number of nitrogens with one attached hydrogen (secondary N) is 1. The van der Waals surface area contributed by atoms with Gasteiger partial charge in [0.25, 0.3) is 10.0 Å². The number of thioether (sulfide) groups is 1. The van der Waals surface area contributed by atoms with Gasteiger partial charge in [0.1, 0.15) is 30.4 Å². The molecule has 0 aliphatic heterocycles. The molecule has 8 nitrogen and oxygen atoms in total. The maximum absolute atomic E-state index is 13.6. The molecule has 36 heavy (non-hydrogen) atoms. The van der Waals surface area contributed by atoms with Crippen LogP contribution >= 0.6 is 11.8 Å². The average molecular weight is 531 g/mol. The topological polar surface area (TPSA) is 94.2 Å². The Balaban J connectivity index is 1.76. The van der Waals surface area contributed by atoms with Gasteiger partial charge in [0.05, 0.1) is 30.8 Å². The molecule has 0 spiro atoms. The maximum Gasteiger partial charge on any atom is 0.264 e. The molecule has 0 bridgehead atoms. The minimum Gasteiger partial charge on any atom is -0.497 e. The van der Waals surface area contributed by atoms with Crippen LogP contribution in [0.2, 0.25) is 0 Å². The van der Waals surface area contributed by atoms with Crippen LogP contribution < -0.4 is 23.8 Å². The summed E-state index contributed by atoms with van der Waals surface area (Å²) in [6.07, 6.45) is 1.91. The number of anilines is 1. The third kappa shape index (κ3) is 7.08. The summed E-state index contributed by atoms with van der Waals surface area (Å²) in [5.41, 5.74) is 0.288. The molecule has 192 valence electrons. The van der Waals surface area contributed by atoms with E-state index >= 15 is 0 Å². The molecular formula is C26H30N2O6S2. The number of carbonyl (C=O) groups is 1. The lowest BCUT2D eigenvalue weighted by atomic mass is 10.3. The van der Waals surface area contributed by atoms with Crippen molar-refractivity contribution in [1.82, 2.24) is 5.32 Å². The molecule has 3 aromatic rings. The lowest BCUT2D eigenvalue weighted by Crippen LogP contribution is -2.42. The number of hydrogen-bond donors (Lipinski definition) is 1. The van der Waals surface area contributed by atoms with Crippen LogP contribution in [-0.2, 0) is 14.8 Å². The van der Waals surface area contributed by atoms with Gasteiger partial charge in [0.2, 0.25) is 5.91 Å². The van der Waals surface area contributed by atoms with Crippen LogP contribution in [0.5, 0.6) is 17.2 Å². The minimum absolute atomic E-state index is 0.0840. The number of amides is 1. The van der Waals surface area contributed by atoms with Crippen molar-refractivity contribution in [3.63, 3.8) is 0 Å². The van der Waals surface area contributed by atoms with Crippen molar-refractivity contribution in [3.8, 4) is 17.2 Å². The van der Waals surface area contributed by atoms with E-state index in [1.54, 1.807) is 67.8 Å². The summed E-state index contributed by atoms with van der Waals surface area (Å²) < 4.78 is 44.8. The van der Waals surface area contributed by atoms with E-state index in [1.165, 1.54) is 23.9 Å². The Kier molecular flexibility index (Phi) is 9.89. The first-order valence-corrected chi connectivity index (χ1v) is 14.0. The van der Waals surface area contributed by atoms with Gasteiger partial charge in [-0.25, -0.2) is 8.42 Å². The van der Waals surface area contributed by atoms with E-state index in [4.69, 9.17) is 14.2 Å². The van der Waals surface area contributed by atoms with Crippen molar-refractivity contribution >= 4 is 33.4 Å². The summed E-state index contributed by atoms with van der Waals surface area (Å²) in [4.78, 5) is 13.9. The van der Waals surface area contributed by atoms with E-state index in [1.807, 2.05) is 13.2 Å². The van der Waals surface area contributed by atoms with Gasteiger partial charge < -0.3 is 19.5 Å². The number of methoxy groups -OCH3 is 1. The second-order valence-electron chi connectivity index (χ2n) is 7.47. The predicted octanol–water partition coefficient (Wildman–Crippen LogP) is 4.21. The number of ether oxygens (including phenoxy) is 3. The highest BCUT2D eigenvalue weighted by molar-refractivity contribution is 7.98. The first-order chi connectivity index (χ1) is 17.4. The fraction of sp³-hybridized carbons (Fsp3) is 0.269. The average Bonchev–Trinajstić information content (AvgIpc) is 2.90. The number of carbonyl (C=O) groups excluding carboxylic acids is 1. The Morgan fingerprint density at radius 2 is 1.69 bits per heavy atom. The maximum atomic E-state index is 13.6. The SMILES string of the molecule is CCOc1ccccc1N(CC(=O)NCCOc1cccc(OC)c1)S(=O)(=O)c1ccc(SC)cc1. The zero-order chi connectivity index (χ0) is 26.0. The standard InChI is InChI=1S/C26H30N2O6S2/c1-4-33-25-11-6-5-10-24(25)28(36(30,31)23-14-12-22(35-3)13-15-23)19-26(29)27-16-17-34-21-9-7-8-20(18-21)32-2/h5-15,18H,4,16-17,19H2,1-3H3,(H,27,29). The Morgan fingerprint density at radius 3 is 2.39 bits per heavy atom. The van der Waals surface area contributed by atoms with Crippen LogP contribution in [0.25, 0.3) is 0 Å². The number of para-hydroxylation sites is 2. The Bertz CT molecular complexity index is 1250. The zero-order valence-corrected chi connectivity index (χ0v) is 22.1. The Morgan fingerprint density at radius 1 is 0.972 bits per heavy atom. The van der Waals surface area contributed by atoms with Gasteiger partial charge in [-0.05, 0) is 61.7 Å². The molecule has 10 heteroatoms. The Hall–Kier alpha value is -3.37. The molecule has 0 aromatic heterocycles. The smallest absolute Gasteiger partial charge is 0.264 e. The van der Waals surface area contributed by atoms with Crippen LogP contribution in [0.3, 0.4) is 0 Å². The normalized spacial score (nSPS) is 11.0. The molecule has 0 radical (unpaired) electrons. The summed E-state index contributed by atoms with van der Waals surface area (Å²) in [6, 6.07) is 20.4. The van der Waals surface area contributed by atoms with E-state index in [0.717, 1.165) is 9.20 Å². The highest BCUT2D eigenvalue weighted by atomic mass is 32.2. The molecule has 0 atom stereocenters. The van der Waals surface area contributed by atoms with E-state index in [-0.39, 0.29) is 23.7 Å². The van der Waals surface area contributed by atoms with Gasteiger partial charge in [-0.1, -0.05) is 18.2 Å². The molecule has 0 aliphatic carbocycles. The second kappa shape index (κ2) is 13.1. The van der Waals surface area contributed by atoms with Crippen molar-refractivity contribution in [1.29, 1.82) is 0 Å². The quantitative estimate of drug-likeness (QED) is 0.261. The number of hydrogen-bond acceptors (Lipinski definition) is 7. The third-order valence-corrected chi connectivity index (χ3v) is 7.62. The van der Waals surface area contributed by atoms with Crippen molar-refractivity contribution in [3.05, 3.63) is 72.8 Å². The van der Waals surface area contributed by atoms with Gasteiger partial charge in [0, 0.05) is 11.0 Å². The molecule has 0 aliphatic rings. The van der Waals surface area contributed by atoms with Crippen LogP contribution in [-0.4, -0.2) is 54.0 Å². The van der Waals surface area contributed by atoms with Gasteiger partial charge in [-0.3, -0.25) is 9.10 Å². The Labute approximate surface area is 216 Å². The van der Waals surface area contributed by atoms with Gasteiger partial charge >= 0.3 is 0 Å². The molecular weight excluding hydrogens is 500 g/mol. The molecule has 0 heterocycles. The molecule has 0 fully saturated rings. The molecule has 1 N–H and O–H groups in total. The molecule has 0 unspecified atom stereocenters. The molecule has 1 amide bonds. The molecule has 3 rings (SSSR count). The fourth-order valence-electron chi connectivity index (χ4n) is 3.35.